The number of piperidine rings is 1. The fourth-order valence-corrected chi connectivity index (χ4v) is 5.81. The molecule has 1 amide bonds. The summed E-state index contributed by atoms with van der Waals surface area (Å²) in [6.07, 6.45) is 7.69. The van der Waals surface area contributed by atoms with Crippen LogP contribution < -0.4 is 5.32 Å². The fraction of sp³-hybridized carbons (Fsp3) is 0.667. The summed E-state index contributed by atoms with van der Waals surface area (Å²) in [6.45, 7) is 7.81. The molecule has 3 unspecified atom stereocenters. The number of hydrogen-bond donors (Lipinski definition) is 1. The predicted octanol–water partition coefficient (Wildman–Crippen LogP) is 4.11. The number of methoxy groups -OCH3 is 1. The zero-order chi connectivity index (χ0) is 23.9. The molecule has 34 heavy (non-hydrogen) atoms. The molecular formula is C27H41N5O2. The van der Waals surface area contributed by atoms with Gasteiger partial charge in [0, 0.05) is 32.8 Å². The van der Waals surface area contributed by atoms with E-state index in [4.69, 9.17) is 4.74 Å². The molecule has 2 fully saturated rings. The minimum absolute atomic E-state index is 0.0376. The summed E-state index contributed by atoms with van der Waals surface area (Å²) in [5.74, 6) is 1.67. The monoisotopic (exact) mass is 467 g/mol. The zero-order valence-corrected chi connectivity index (χ0v) is 21.1. The number of unbranched alkanes of at least 4 members (excludes halogenated alkanes) is 1. The van der Waals surface area contributed by atoms with Gasteiger partial charge in [0.1, 0.15) is 0 Å². The lowest BCUT2D eigenvalue weighted by molar-refractivity contribution is 0.0327. The van der Waals surface area contributed by atoms with Crippen LogP contribution in [0.1, 0.15) is 68.6 Å². The summed E-state index contributed by atoms with van der Waals surface area (Å²) in [5, 5.41) is 12.6. The van der Waals surface area contributed by atoms with E-state index in [1.807, 2.05) is 35.0 Å². The first kappa shape index (κ1) is 24.9. The molecule has 2 aromatic rings. The molecule has 0 radical (unpaired) electrons. The lowest BCUT2D eigenvalue weighted by Crippen LogP contribution is -2.58. The number of aromatic nitrogens is 3. The maximum atomic E-state index is 14.2. The summed E-state index contributed by atoms with van der Waals surface area (Å²) in [4.78, 5) is 16.3. The molecule has 2 aliphatic rings. The third kappa shape index (κ3) is 5.69. The van der Waals surface area contributed by atoms with E-state index < -0.39 is 0 Å². The molecule has 1 aliphatic heterocycles. The predicted molar refractivity (Wildman–Crippen MR) is 134 cm³/mol. The number of carbonyl (C=O) groups excluding carboxylic acids is 1. The summed E-state index contributed by atoms with van der Waals surface area (Å²) in [7, 11) is 1.73. The Morgan fingerprint density at radius 1 is 1.18 bits per heavy atom. The molecule has 1 saturated carbocycles. The van der Waals surface area contributed by atoms with Crippen molar-refractivity contribution in [3.63, 3.8) is 0 Å². The number of para-hydroxylation sites is 1. The molecule has 0 bridgehead atoms. The molecule has 2 heterocycles. The first-order valence-corrected chi connectivity index (χ1v) is 13.1. The first-order valence-electron chi connectivity index (χ1n) is 13.1. The van der Waals surface area contributed by atoms with Crippen molar-refractivity contribution in [1.29, 1.82) is 0 Å². The minimum atomic E-state index is 0.0376. The van der Waals surface area contributed by atoms with Crippen LogP contribution in [-0.4, -0.2) is 65.2 Å². The Hall–Kier alpha value is -2.25. The highest BCUT2D eigenvalue weighted by Gasteiger charge is 2.41. The molecule has 1 aliphatic carbocycles. The summed E-state index contributed by atoms with van der Waals surface area (Å²) < 4.78 is 7.10. The molecule has 4 rings (SSSR count). The van der Waals surface area contributed by atoms with Gasteiger partial charge in [0.05, 0.1) is 11.4 Å². The molecular weight excluding hydrogens is 426 g/mol. The number of rotatable bonds is 10. The average molecular weight is 468 g/mol. The average Bonchev–Trinajstić information content (AvgIpc) is 3.29. The van der Waals surface area contributed by atoms with Crippen molar-refractivity contribution in [2.45, 2.75) is 64.8 Å². The summed E-state index contributed by atoms with van der Waals surface area (Å²) in [5.41, 5.74) is 2.36. The molecule has 186 valence electrons. The molecule has 1 aromatic carbocycles. The van der Waals surface area contributed by atoms with Gasteiger partial charge >= 0.3 is 0 Å². The van der Waals surface area contributed by atoms with E-state index in [0.717, 1.165) is 50.3 Å². The van der Waals surface area contributed by atoms with Crippen LogP contribution in [0.15, 0.2) is 30.3 Å². The normalized spacial score (nSPS) is 22.5. The van der Waals surface area contributed by atoms with Crippen molar-refractivity contribution in [2.75, 3.05) is 33.4 Å². The van der Waals surface area contributed by atoms with Gasteiger partial charge in [-0.25, -0.2) is 4.68 Å². The molecule has 0 spiro atoms. The lowest BCUT2D eigenvalue weighted by atomic mass is 9.72. The second kappa shape index (κ2) is 11.9. The Bertz CT molecular complexity index is 911. The minimum Gasteiger partial charge on any atom is -0.385 e. The van der Waals surface area contributed by atoms with Crippen molar-refractivity contribution in [3.05, 3.63) is 41.7 Å². The largest absolute Gasteiger partial charge is 0.385 e. The topological polar surface area (TPSA) is 72.3 Å². The van der Waals surface area contributed by atoms with Crippen LogP contribution in [0.25, 0.3) is 5.69 Å². The highest BCUT2D eigenvalue weighted by Crippen LogP contribution is 2.37. The Labute approximate surface area is 204 Å². The smallest absolute Gasteiger partial charge is 0.276 e. The highest BCUT2D eigenvalue weighted by molar-refractivity contribution is 5.93. The standard InChI is InChI=1S/C27H41N5O2/c1-20(2)19-31(25-18-28-17-21-11-7-8-14-23(21)25)27(33)26-24(15-9-10-16-34-3)32(30-29-26)22-12-5-4-6-13-22/h4-6,12-13,20-21,23,25,28H,7-11,14-19H2,1-3H3. The van der Waals surface area contributed by atoms with Gasteiger partial charge in [0.15, 0.2) is 5.69 Å². The second-order valence-electron chi connectivity index (χ2n) is 10.4. The van der Waals surface area contributed by atoms with Crippen LogP contribution in [0.3, 0.4) is 0 Å². The van der Waals surface area contributed by atoms with Crippen LogP contribution in [0.2, 0.25) is 0 Å². The Kier molecular flexibility index (Phi) is 8.73. The van der Waals surface area contributed by atoms with E-state index in [0.29, 0.717) is 30.1 Å². The van der Waals surface area contributed by atoms with Gasteiger partial charge in [-0.3, -0.25) is 4.79 Å². The van der Waals surface area contributed by atoms with E-state index >= 15 is 0 Å². The van der Waals surface area contributed by atoms with Crippen molar-refractivity contribution in [3.8, 4) is 5.69 Å². The van der Waals surface area contributed by atoms with Gasteiger partial charge in [-0.15, -0.1) is 5.10 Å². The zero-order valence-electron chi connectivity index (χ0n) is 21.1. The van der Waals surface area contributed by atoms with E-state index in [2.05, 4.69) is 34.4 Å². The number of nitrogens with one attached hydrogen (secondary N) is 1. The molecule has 7 heteroatoms. The SMILES string of the molecule is COCCCCc1c(C(=O)N(CC(C)C)C2CNCC3CCCCC32)nnn1-c1ccccc1. The number of amides is 1. The molecule has 1 saturated heterocycles. The molecule has 7 nitrogen and oxygen atoms in total. The first-order chi connectivity index (χ1) is 16.6. The highest BCUT2D eigenvalue weighted by atomic mass is 16.5. The van der Waals surface area contributed by atoms with E-state index in [9.17, 15) is 4.79 Å². The Morgan fingerprint density at radius 3 is 2.74 bits per heavy atom. The van der Waals surface area contributed by atoms with Crippen LogP contribution in [0.5, 0.6) is 0 Å². The van der Waals surface area contributed by atoms with Gasteiger partial charge in [-0.2, -0.15) is 0 Å². The van der Waals surface area contributed by atoms with Crippen LogP contribution in [-0.2, 0) is 11.2 Å². The van der Waals surface area contributed by atoms with Crippen molar-refractivity contribution in [2.24, 2.45) is 17.8 Å². The van der Waals surface area contributed by atoms with Gasteiger partial charge in [-0.1, -0.05) is 50.1 Å². The molecule has 1 aromatic heterocycles. The number of nitrogens with zero attached hydrogens (tertiary/aromatic N) is 4. The van der Waals surface area contributed by atoms with Crippen LogP contribution in [0.4, 0.5) is 0 Å². The molecule has 3 atom stereocenters. The van der Waals surface area contributed by atoms with Gasteiger partial charge < -0.3 is 15.0 Å². The number of hydrogen-bond acceptors (Lipinski definition) is 5. The maximum absolute atomic E-state index is 14.2. The summed E-state index contributed by atoms with van der Waals surface area (Å²) >= 11 is 0. The van der Waals surface area contributed by atoms with Crippen LogP contribution in [0, 0.1) is 17.8 Å². The van der Waals surface area contributed by atoms with Crippen molar-refractivity contribution in [1.82, 2.24) is 25.2 Å². The summed E-state index contributed by atoms with van der Waals surface area (Å²) in [6, 6.07) is 10.2. The number of fused-ring (bicyclic) bond motifs is 1. The van der Waals surface area contributed by atoms with Crippen LogP contribution >= 0.6 is 0 Å². The van der Waals surface area contributed by atoms with Crippen molar-refractivity contribution >= 4 is 5.91 Å². The lowest BCUT2D eigenvalue weighted by Gasteiger charge is -2.46. The van der Waals surface area contributed by atoms with Gasteiger partial charge in [0.2, 0.25) is 0 Å². The number of ether oxygens (including phenoxy) is 1. The third-order valence-corrected chi connectivity index (χ3v) is 7.42. The quantitative estimate of drug-likeness (QED) is 0.533. The molecule has 1 N–H and O–H groups in total. The van der Waals surface area contributed by atoms with E-state index in [1.165, 1.54) is 25.7 Å². The Balaban J connectivity index is 1.65. The van der Waals surface area contributed by atoms with Crippen molar-refractivity contribution < 1.29 is 9.53 Å². The third-order valence-electron chi connectivity index (χ3n) is 7.42. The van der Waals surface area contributed by atoms with E-state index in [1.54, 1.807) is 7.11 Å². The van der Waals surface area contributed by atoms with Gasteiger partial charge in [0.25, 0.3) is 5.91 Å². The number of carbonyl (C=O) groups is 1. The van der Waals surface area contributed by atoms with Gasteiger partial charge in [-0.05, 0) is 68.5 Å². The maximum Gasteiger partial charge on any atom is 0.276 e. The second-order valence-corrected chi connectivity index (χ2v) is 10.4. The van der Waals surface area contributed by atoms with E-state index in [-0.39, 0.29) is 11.9 Å². The number of benzene rings is 1. The fourth-order valence-electron chi connectivity index (χ4n) is 5.81. The Morgan fingerprint density at radius 2 is 1.97 bits per heavy atom.